The van der Waals surface area contributed by atoms with Crippen molar-refractivity contribution in [2.75, 3.05) is 0 Å². The van der Waals surface area contributed by atoms with Crippen molar-refractivity contribution in [3.05, 3.63) is 34.9 Å². The van der Waals surface area contributed by atoms with Gasteiger partial charge in [-0.1, -0.05) is 96.3 Å². The zero-order valence-corrected chi connectivity index (χ0v) is 15.6. The molecule has 0 N–H and O–H groups in total. The Hall–Kier alpha value is -0.780. The Morgan fingerprint density at radius 3 is 1.91 bits per heavy atom. The van der Waals surface area contributed by atoms with Crippen molar-refractivity contribution in [1.29, 1.82) is 0 Å². The molecule has 0 saturated carbocycles. The second-order valence-corrected chi connectivity index (χ2v) is 7.16. The normalized spacial score (nSPS) is 12.5. The molecule has 0 aromatic heterocycles. The highest BCUT2D eigenvalue weighted by molar-refractivity contribution is 5.35. The van der Waals surface area contributed by atoms with E-state index in [9.17, 15) is 0 Å². The van der Waals surface area contributed by atoms with E-state index >= 15 is 0 Å². The van der Waals surface area contributed by atoms with Crippen LogP contribution in [0, 0.1) is 13.8 Å². The van der Waals surface area contributed by atoms with E-state index in [0.717, 1.165) is 0 Å². The highest BCUT2D eigenvalue weighted by Gasteiger charge is 2.09. The fourth-order valence-corrected chi connectivity index (χ4v) is 3.40. The highest BCUT2D eigenvalue weighted by Crippen LogP contribution is 2.26. The van der Waals surface area contributed by atoms with E-state index in [0.29, 0.717) is 5.92 Å². The Morgan fingerprint density at radius 2 is 1.32 bits per heavy atom. The summed E-state index contributed by atoms with van der Waals surface area (Å²) in [6.45, 7) is 9.19. The fraction of sp³-hybridized carbons (Fsp3) is 0.727. The molecular weight excluding hydrogens is 264 g/mol. The third kappa shape index (κ3) is 7.47. The van der Waals surface area contributed by atoms with Gasteiger partial charge in [0.15, 0.2) is 0 Å². The second-order valence-electron chi connectivity index (χ2n) is 7.16. The minimum Gasteiger partial charge on any atom is -0.0654 e. The summed E-state index contributed by atoms with van der Waals surface area (Å²) in [5.74, 6) is 0.717. The van der Waals surface area contributed by atoms with Gasteiger partial charge in [0, 0.05) is 0 Å². The van der Waals surface area contributed by atoms with Crippen molar-refractivity contribution in [2.45, 2.75) is 104 Å². The Bertz CT molecular complexity index is 391. The molecule has 126 valence electrons. The third-order valence-electron chi connectivity index (χ3n) is 5.17. The van der Waals surface area contributed by atoms with Crippen LogP contribution >= 0.6 is 0 Å². The number of rotatable bonds is 12. The van der Waals surface area contributed by atoms with Crippen molar-refractivity contribution in [3.63, 3.8) is 0 Å². The molecule has 0 saturated heterocycles. The maximum absolute atomic E-state index is 2.40. The van der Waals surface area contributed by atoms with Crippen LogP contribution in [0.5, 0.6) is 0 Å². The van der Waals surface area contributed by atoms with E-state index in [4.69, 9.17) is 0 Å². The van der Waals surface area contributed by atoms with Gasteiger partial charge in [-0.15, -0.1) is 0 Å². The average Bonchev–Trinajstić information content (AvgIpc) is 2.51. The molecule has 0 spiro atoms. The Morgan fingerprint density at radius 1 is 0.773 bits per heavy atom. The lowest BCUT2D eigenvalue weighted by molar-refractivity contribution is 0.534. The number of unbranched alkanes of at least 4 members (excludes halogenated alkanes) is 9. The van der Waals surface area contributed by atoms with Crippen LogP contribution in [-0.2, 0) is 0 Å². The molecule has 0 nitrogen and oxygen atoms in total. The zero-order valence-electron chi connectivity index (χ0n) is 15.6. The molecule has 0 bridgehead atoms. The van der Waals surface area contributed by atoms with E-state index in [1.54, 1.807) is 5.56 Å². The summed E-state index contributed by atoms with van der Waals surface area (Å²) in [4.78, 5) is 0. The van der Waals surface area contributed by atoms with Gasteiger partial charge < -0.3 is 0 Å². The first-order valence-corrected chi connectivity index (χ1v) is 9.73. The predicted molar refractivity (Wildman–Crippen MR) is 101 cm³/mol. The van der Waals surface area contributed by atoms with Crippen LogP contribution in [0.3, 0.4) is 0 Å². The molecule has 1 rings (SSSR count). The molecule has 0 radical (unpaired) electrons. The standard InChI is InChI=1S/C22H38/c1-5-6-7-8-9-10-11-12-13-14-16-20(3)22-18-15-17-19(2)21(22)4/h15,17-18,20H,5-14,16H2,1-4H3. The summed E-state index contributed by atoms with van der Waals surface area (Å²) < 4.78 is 0. The molecule has 1 atom stereocenters. The summed E-state index contributed by atoms with van der Waals surface area (Å²) in [6.07, 6.45) is 15.7. The third-order valence-corrected chi connectivity index (χ3v) is 5.17. The SMILES string of the molecule is CCCCCCCCCCCCC(C)c1cccc(C)c1C. The largest absolute Gasteiger partial charge is 0.0654 e. The van der Waals surface area contributed by atoms with E-state index < -0.39 is 0 Å². The molecule has 1 aromatic carbocycles. The van der Waals surface area contributed by atoms with Gasteiger partial charge in [-0.3, -0.25) is 0 Å². The molecule has 0 heteroatoms. The molecule has 0 heterocycles. The summed E-state index contributed by atoms with van der Waals surface area (Å²) in [6, 6.07) is 6.77. The van der Waals surface area contributed by atoms with Crippen molar-refractivity contribution in [3.8, 4) is 0 Å². The van der Waals surface area contributed by atoms with E-state index in [2.05, 4.69) is 45.9 Å². The van der Waals surface area contributed by atoms with Gasteiger partial charge >= 0.3 is 0 Å². The van der Waals surface area contributed by atoms with Crippen molar-refractivity contribution in [1.82, 2.24) is 0 Å². The Labute approximate surface area is 139 Å². The number of aryl methyl sites for hydroxylation is 1. The number of benzene rings is 1. The van der Waals surface area contributed by atoms with Crippen molar-refractivity contribution in [2.24, 2.45) is 0 Å². The van der Waals surface area contributed by atoms with Crippen LogP contribution in [-0.4, -0.2) is 0 Å². The lowest BCUT2D eigenvalue weighted by atomic mass is 9.90. The van der Waals surface area contributed by atoms with E-state index in [1.165, 1.54) is 81.8 Å². The van der Waals surface area contributed by atoms with Crippen LogP contribution in [0.1, 0.15) is 107 Å². The van der Waals surface area contributed by atoms with Gasteiger partial charge in [-0.05, 0) is 42.9 Å². The maximum Gasteiger partial charge on any atom is -0.0188 e. The quantitative estimate of drug-likeness (QED) is 0.347. The van der Waals surface area contributed by atoms with E-state index in [1.807, 2.05) is 0 Å². The van der Waals surface area contributed by atoms with Gasteiger partial charge in [-0.2, -0.15) is 0 Å². The van der Waals surface area contributed by atoms with Crippen LogP contribution in [0.25, 0.3) is 0 Å². The fourth-order valence-electron chi connectivity index (χ4n) is 3.40. The number of hydrogen-bond acceptors (Lipinski definition) is 0. The monoisotopic (exact) mass is 302 g/mol. The molecule has 1 aromatic rings. The van der Waals surface area contributed by atoms with Crippen LogP contribution in [0.15, 0.2) is 18.2 Å². The molecule has 0 aliphatic carbocycles. The first-order chi connectivity index (χ1) is 10.7. The van der Waals surface area contributed by atoms with Crippen LogP contribution < -0.4 is 0 Å². The molecule has 0 amide bonds. The Kier molecular flexibility index (Phi) is 10.3. The van der Waals surface area contributed by atoms with Gasteiger partial charge in [0.05, 0.1) is 0 Å². The molecule has 0 fully saturated rings. The summed E-state index contributed by atoms with van der Waals surface area (Å²) >= 11 is 0. The second kappa shape index (κ2) is 11.7. The van der Waals surface area contributed by atoms with E-state index in [-0.39, 0.29) is 0 Å². The van der Waals surface area contributed by atoms with Crippen molar-refractivity contribution >= 4 is 0 Å². The van der Waals surface area contributed by atoms with Gasteiger partial charge in [0.25, 0.3) is 0 Å². The minimum atomic E-state index is 0.717. The zero-order chi connectivity index (χ0) is 16.2. The lowest BCUT2D eigenvalue weighted by Gasteiger charge is -2.16. The molecule has 0 aliphatic heterocycles. The predicted octanol–water partition coefficient (Wildman–Crippen LogP) is 7.72. The summed E-state index contributed by atoms with van der Waals surface area (Å²) in [5, 5.41) is 0. The first kappa shape index (κ1) is 19.3. The molecule has 22 heavy (non-hydrogen) atoms. The first-order valence-electron chi connectivity index (χ1n) is 9.73. The summed E-state index contributed by atoms with van der Waals surface area (Å²) in [5.41, 5.74) is 4.51. The molecular formula is C22H38. The topological polar surface area (TPSA) is 0 Å². The molecule has 1 unspecified atom stereocenters. The summed E-state index contributed by atoms with van der Waals surface area (Å²) in [7, 11) is 0. The van der Waals surface area contributed by atoms with Gasteiger partial charge in [0.1, 0.15) is 0 Å². The van der Waals surface area contributed by atoms with Gasteiger partial charge in [0.2, 0.25) is 0 Å². The maximum atomic E-state index is 2.40. The lowest BCUT2D eigenvalue weighted by Crippen LogP contribution is -1.98. The smallest absolute Gasteiger partial charge is 0.0188 e. The van der Waals surface area contributed by atoms with Gasteiger partial charge in [-0.25, -0.2) is 0 Å². The van der Waals surface area contributed by atoms with Crippen LogP contribution in [0.2, 0.25) is 0 Å². The average molecular weight is 303 g/mol. The van der Waals surface area contributed by atoms with Crippen molar-refractivity contribution < 1.29 is 0 Å². The highest BCUT2D eigenvalue weighted by atomic mass is 14.1. The minimum absolute atomic E-state index is 0.717. The van der Waals surface area contributed by atoms with Crippen LogP contribution in [0.4, 0.5) is 0 Å². The number of hydrogen-bond donors (Lipinski definition) is 0. The Balaban J connectivity index is 2.06. The molecule has 0 aliphatic rings.